The largest absolute Gasteiger partial charge is 0.355 e. The van der Waals surface area contributed by atoms with Crippen LogP contribution in [0.4, 0.5) is 0 Å². The van der Waals surface area contributed by atoms with Crippen molar-refractivity contribution in [2.45, 2.75) is 36.0 Å². The number of hydrogen-bond donors (Lipinski definition) is 1. The summed E-state index contributed by atoms with van der Waals surface area (Å²) in [5, 5.41) is 3.24. The molecule has 1 saturated carbocycles. The molecule has 0 aliphatic heterocycles. The quantitative estimate of drug-likeness (QED) is 0.663. The summed E-state index contributed by atoms with van der Waals surface area (Å²) in [6.07, 6.45) is 4.69. The number of carbonyl (C=O) groups excluding carboxylic acids is 1. The van der Waals surface area contributed by atoms with Gasteiger partial charge in [0.05, 0.1) is 5.75 Å². The van der Waals surface area contributed by atoms with Crippen molar-refractivity contribution in [1.29, 1.82) is 0 Å². The van der Waals surface area contributed by atoms with Crippen LogP contribution in [0.25, 0.3) is 0 Å². The molecule has 2 nitrogen and oxygen atoms in total. The van der Waals surface area contributed by atoms with Gasteiger partial charge in [-0.3, -0.25) is 4.79 Å². The smallest absolute Gasteiger partial charge is 0.230 e. The average Bonchev–Trinajstić information content (AvgIpc) is 2.45. The van der Waals surface area contributed by atoms with Crippen LogP contribution in [0.1, 0.15) is 25.7 Å². The molecule has 0 heterocycles. The molecule has 0 saturated heterocycles. The Balaban J connectivity index is 1.67. The van der Waals surface area contributed by atoms with E-state index in [2.05, 4.69) is 5.32 Å². The number of rotatable bonds is 5. The summed E-state index contributed by atoms with van der Waals surface area (Å²) in [4.78, 5) is 12.9. The van der Waals surface area contributed by atoms with Crippen LogP contribution in [-0.2, 0) is 4.79 Å². The van der Waals surface area contributed by atoms with Crippen LogP contribution in [-0.4, -0.2) is 23.6 Å². The third-order valence-electron chi connectivity index (χ3n) is 3.49. The van der Waals surface area contributed by atoms with Crippen molar-refractivity contribution < 1.29 is 4.79 Å². The zero-order valence-corrected chi connectivity index (χ0v) is 12.6. The van der Waals surface area contributed by atoms with Crippen LogP contribution in [0.5, 0.6) is 0 Å². The molecule has 0 aromatic heterocycles. The van der Waals surface area contributed by atoms with Gasteiger partial charge >= 0.3 is 0 Å². The Labute approximate surface area is 124 Å². The van der Waals surface area contributed by atoms with E-state index < -0.39 is 0 Å². The Hall–Kier alpha value is -0.670. The van der Waals surface area contributed by atoms with Crippen LogP contribution in [0.3, 0.4) is 0 Å². The third-order valence-corrected chi connectivity index (χ3v) is 5.08. The lowest BCUT2D eigenvalue weighted by molar-refractivity contribution is -0.118. The van der Waals surface area contributed by atoms with E-state index in [0.29, 0.717) is 11.7 Å². The highest BCUT2D eigenvalue weighted by Crippen LogP contribution is 2.28. The molecule has 0 bridgehead atoms. The second-order valence-corrected chi connectivity index (χ2v) is 6.58. The Morgan fingerprint density at radius 2 is 2.00 bits per heavy atom. The monoisotopic (exact) mass is 297 g/mol. The van der Waals surface area contributed by atoms with Crippen LogP contribution in [0.15, 0.2) is 35.2 Å². The summed E-state index contributed by atoms with van der Waals surface area (Å²) < 4.78 is 0. The van der Waals surface area contributed by atoms with Gasteiger partial charge in [0, 0.05) is 16.8 Å². The van der Waals surface area contributed by atoms with Gasteiger partial charge in [-0.05, 0) is 30.9 Å². The van der Waals surface area contributed by atoms with Gasteiger partial charge < -0.3 is 5.32 Å². The highest BCUT2D eigenvalue weighted by molar-refractivity contribution is 8.00. The maximum atomic E-state index is 11.8. The van der Waals surface area contributed by atoms with Crippen molar-refractivity contribution in [2.24, 2.45) is 5.92 Å². The van der Waals surface area contributed by atoms with E-state index in [1.54, 1.807) is 11.8 Å². The number of alkyl halides is 1. The van der Waals surface area contributed by atoms with Gasteiger partial charge in [-0.2, -0.15) is 0 Å². The standard InChI is InChI=1S/C15H20ClNOS/c16-14-9-5-4-6-12(14)10-17-15(18)11-19-13-7-2-1-3-8-13/h1-3,7-8,12,14H,4-6,9-11H2,(H,17,18). The molecule has 0 spiro atoms. The molecule has 2 atom stereocenters. The molecule has 1 N–H and O–H groups in total. The number of halogens is 1. The van der Waals surface area contributed by atoms with Gasteiger partial charge in [-0.15, -0.1) is 23.4 Å². The van der Waals surface area contributed by atoms with Crippen molar-refractivity contribution in [3.63, 3.8) is 0 Å². The summed E-state index contributed by atoms with van der Waals surface area (Å²) in [7, 11) is 0. The first-order chi connectivity index (χ1) is 9.25. The first-order valence-corrected chi connectivity index (χ1v) is 8.26. The number of amides is 1. The summed E-state index contributed by atoms with van der Waals surface area (Å²) >= 11 is 7.85. The van der Waals surface area contributed by atoms with Crippen molar-refractivity contribution >= 4 is 29.3 Å². The minimum atomic E-state index is 0.100. The molecule has 2 unspecified atom stereocenters. The highest BCUT2D eigenvalue weighted by Gasteiger charge is 2.23. The van der Waals surface area contributed by atoms with Gasteiger partial charge in [0.25, 0.3) is 0 Å². The van der Waals surface area contributed by atoms with Crippen LogP contribution < -0.4 is 5.32 Å². The number of carbonyl (C=O) groups is 1. The van der Waals surface area contributed by atoms with Gasteiger partial charge in [0.1, 0.15) is 0 Å². The number of hydrogen-bond acceptors (Lipinski definition) is 2. The zero-order valence-electron chi connectivity index (χ0n) is 11.0. The molecule has 19 heavy (non-hydrogen) atoms. The summed E-state index contributed by atoms with van der Waals surface area (Å²) in [6.45, 7) is 0.725. The lowest BCUT2D eigenvalue weighted by Crippen LogP contribution is -2.35. The normalized spacial score (nSPS) is 23.0. The molecule has 1 amide bonds. The SMILES string of the molecule is O=C(CSc1ccccc1)NCC1CCCCC1Cl. The van der Waals surface area contributed by atoms with Crippen LogP contribution in [0.2, 0.25) is 0 Å². The topological polar surface area (TPSA) is 29.1 Å². The minimum absolute atomic E-state index is 0.100. The maximum Gasteiger partial charge on any atom is 0.230 e. The lowest BCUT2D eigenvalue weighted by Gasteiger charge is -2.27. The van der Waals surface area contributed by atoms with Gasteiger partial charge in [0.2, 0.25) is 5.91 Å². The predicted octanol–water partition coefficient (Wildman–Crippen LogP) is 3.69. The summed E-state index contributed by atoms with van der Waals surface area (Å²) in [5.41, 5.74) is 0. The van der Waals surface area contributed by atoms with E-state index in [-0.39, 0.29) is 11.3 Å². The number of thioether (sulfide) groups is 1. The first-order valence-electron chi connectivity index (χ1n) is 6.84. The predicted molar refractivity (Wildman–Crippen MR) is 81.8 cm³/mol. The van der Waals surface area contributed by atoms with E-state index in [1.165, 1.54) is 12.8 Å². The summed E-state index contributed by atoms with van der Waals surface area (Å²) in [5.74, 6) is 1.02. The molecular formula is C15H20ClNOS. The van der Waals surface area contributed by atoms with Crippen molar-refractivity contribution in [3.05, 3.63) is 30.3 Å². The Morgan fingerprint density at radius 3 is 2.74 bits per heavy atom. The fourth-order valence-electron chi connectivity index (χ4n) is 2.35. The molecule has 104 valence electrons. The molecule has 1 fully saturated rings. The Kier molecular flexibility index (Phi) is 6.05. The number of benzene rings is 1. The van der Waals surface area contributed by atoms with Gasteiger partial charge in [-0.25, -0.2) is 0 Å². The van der Waals surface area contributed by atoms with Crippen LogP contribution in [0, 0.1) is 5.92 Å². The molecule has 1 aromatic carbocycles. The fraction of sp³-hybridized carbons (Fsp3) is 0.533. The number of nitrogens with one attached hydrogen (secondary N) is 1. The molecule has 0 radical (unpaired) electrons. The minimum Gasteiger partial charge on any atom is -0.355 e. The fourth-order valence-corrected chi connectivity index (χ4v) is 3.47. The van der Waals surface area contributed by atoms with Crippen molar-refractivity contribution in [1.82, 2.24) is 5.32 Å². The average molecular weight is 298 g/mol. The Morgan fingerprint density at radius 1 is 1.26 bits per heavy atom. The van der Waals surface area contributed by atoms with E-state index in [1.807, 2.05) is 30.3 Å². The molecule has 1 aromatic rings. The van der Waals surface area contributed by atoms with Gasteiger partial charge in [0.15, 0.2) is 0 Å². The van der Waals surface area contributed by atoms with Crippen LogP contribution >= 0.6 is 23.4 Å². The van der Waals surface area contributed by atoms with E-state index in [0.717, 1.165) is 24.3 Å². The van der Waals surface area contributed by atoms with E-state index in [9.17, 15) is 4.79 Å². The molecule has 4 heteroatoms. The van der Waals surface area contributed by atoms with Crippen molar-refractivity contribution in [2.75, 3.05) is 12.3 Å². The molecular weight excluding hydrogens is 278 g/mol. The maximum absolute atomic E-state index is 11.8. The molecule has 1 aliphatic rings. The third kappa shape index (κ3) is 5.07. The second-order valence-electron chi connectivity index (χ2n) is 4.97. The highest BCUT2D eigenvalue weighted by atomic mass is 35.5. The second kappa shape index (κ2) is 7.81. The van der Waals surface area contributed by atoms with E-state index in [4.69, 9.17) is 11.6 Å². The zero-order chi connectivity index (χ0) is 13.5. The Bertz CT molecular complexity index is 398. The van der Waals surface area contributed by atoms with E-state index >= 15 is 0 Å². The molecule has 1 aliphatic carbocycles. The van der Waals surface area contributed by atoms with Gasteiger partial charge in [-0.1, -0.05) is 31.0 Å². The lowest BCUT2D eigenvalue weighted by atomic mass is 9.89. The first kappa shape index (κ1) is 14.7. The summed E-state index contributed by atoms with van der Waals surface area (Å²) in [6, 6.07) is 10.00. The molecule has 2 rings (SSSR count). The van der Waals surface area contributed by atoms with Crippen molar-refractivity contribution in [3.8, 4) is 0 Å².